The fourth-order valence-electron chi connectivity index (χ4n) is 2.82. The van der Waals surface area contributed by atoms with Crippen molar-refractivity contribution in [3.05, 3.63) is 24.3 Å². The monoisotopic (exact) mass is 258 g/mol. The second-order valence-corrected chi connectivity index (χ2v) is 5.37. The molecule has 0 amide bonds. The SMILES string of the molecule is c1cn2cc(C3CCC3)nc2c(N2CCOCC2)n1. The second kappa shape index (κ2) is 4.49. The van der Waals surface area contributed by atoms with Gasteiger partial charge in [-0.25, -0.2) is 9.97 Å². The molecule has 1 aliphatic carbocycles. The number of imidazole rings is 1. The summed E-state index contributed by atoms with van der Waals surface area (Å²) < 4.78 is 7.52. The van der Waals surface area contributed by atoms with Crippen molar-refractivity contribution in [3.63, 3.8) is 0 Å². The smallest absolute Gasteiger partial charge is 0.180 e. The predicted molar refractivity (Wildman–Crippen MR) is 72.6 cm³/mol. The van der Waals surface area contributed by atoms with Gasteiger partial charge in [0.2, 0.25) is 0 Å². The van der Waals surface area contributed by atoms with E-state index >= 15 is 0 Å². The lowest BCUT2D eigenvalue weighted by molar-refractivity contribution is 0.122. The van der Waals surface area contributed by atoms with Gasteiger partial charge in [0.1, 0.15) is 0 Å². The second-order valence-electron chi connectivity index (χ2n) is 5.37. The molecule has 5 nitrogen and oxygen atoms in total. The van der Waals surface area contributed by atoms with Gasteiger partial charge < -0.3 is 14.0 Å². The topological polar surface area (TPSA) is 42.7 Å². The van der Waals surface area contributed by atoms with Crippen LogP contribution in [0.2, 0.25) is 0 Å². The van der Waals surface area contributed by atoms with Crippen LogP contribution in [0.4, 0.5) is 5.82 Å². The molecule has 2 fully saturated rings. The zero-order valence-corrected chi connectivity index (χ0v) is 11.0. The van der Waals surface area contributed by atoms with Crippen molar-refractivity contribution < 1.29 is 4.74 Å². The van der Waals surface area contributed by atoms with E-state index in [0.717, 1.165) is 37.8 Å². The van der Waals surface area contributed by atoms with E-state index in [1.54, 1.807) is 0 Å². The zero-order valence-electron chi connectivity index (χ0n) is 11.0. The van der Waals surface area contributed by atoms with Crippen LogP contribution in [0, 0.1) is 0 Å². The highest BCUT2D eigenvalue weighted by molar-refractivity contribution is 5.64. The third-order valence-corrected chi connectivity index (χ3v) is 4.21. The molecule has 100 valence electrons. The van der Waals surface area contributed by atoms with Crippen molar-refractivity contribution in [1.82, 2.24) is 14.4 Å². The van der Waals surface area contributed by atoms with Gasteiger partial charge in [-0.1, -0.05) is 6.42 Å². The minimum atomic E-state index is 0.664. The largest absolute Gasteiger partial charge is 0.378 e. The van der Waals surface area contributed by atoms with Crippen LogP contribution < -0.4 is 4.90 Å². The summed E-state index contributed by atoms with van der Waals surface area (Å²) in [5.41, 5.74) is 2.22. The van der Waals surface area contributed by atoms with Gasteiger partial charge in [-0.15, -0.1) is 0 Å². The zero-order chi connectivity index (χ0) is 12.7. The van der Waals surface area contributed by atoms with Gasteiger partial charge >= 0.3 is 0 Å². The number of nitrogens with zero attached hydrogens (tertiary/aromatic N) is 4. The van der Waals surface area contributed by atoms with Crippen molar-refractivity contribution in [1.29, 1.82) is 0 Å². The molecule has 0 bridgehead atoms. The quantitative estimate of drug-likeness (QED) is 0.824. The van der Waals surface area contributed by atoms with Crippen LogP contribution in [-0.4, -0.2) is 40.7 Å². The summed E-state index contributed by atoms with van der Waals surface area (Å²) >= 11 is 0. The van der Waals surface area contributed by atoms with E-state index in [1.165, 1.54) is 25.0 Å². The molecule has 3 heterocycles. The summed E-state index contributed by atoms with van der Waals surface area (Å²) in [7, 11) is 0. The van der Waals surface area contributed by atoms with E-state index < -0.39 is 0 Å². The fraction of sp³-hybridized carbons (Fsp3) is 0.571. The number of hydrogen-bond donors (Lipinski definition) is 0. The molecular weight excluding hydrogens is 240 g/mol. The van der Waals surface area contributed by atoms with E-state index in [2.05, 4.69) is 20.5 Å². The first-order valence-corrected chi connectivity index (χ1v) is 7.08. The average molecular weight is 258 g/mol. The highest BCUT2D eigenvalue weighted by Crippen LogP contribution is 2.36. The van der Waals surface area contributed by atoms with Gasteiger partial charge in [0, 0.05) is 37.6 Å². The molecule has 0 atom stereocenters. The lowest BCUT2D eigenvalue weighted by Gasteiger charge is -2.27. The Labute approximate surface area is 112 Å². The number of anilines is 1. The molecule has 0 N–H and O–H groups in total. The lowest BCUT2D eigenvalue weighted by atomic mass is 9.83. The van der Waals surface area contributed by atoms with Crippen molar-refractivity contribution in [2.45, 2.75) is 25.2 Å². The maximum absolute atomic E-state index is 5.41. The van der Waals surface area contributed by atoms with E-state index in [-0.39, 0.29) is 0 Å². The van der Waals surface area contributed by atoms with Gasteiger partial charge in [-0.05, 0) is 12.8 Å². The molecule has 0 radical (unpaired) electrons. The van der Waals surface area contributed by atoms with Crippen LogP contribution in [-0.2, 0) is 4.74 Å². The molecule has 1 aliphatic heterocycles. The Morgan fingerprint density at radius 1 is 1.21 bits per heavy atom. The summed E-state index contributed by atoms with van der Waals surface area (Å²) in [4.78, 5) is 11.6. The summed E-state index contributed by atoms with van der Waals surface area (Å²) in [6.45, 7) is 3.36. The third-order valence-electron chi connectivity index (χ3n) is 4.21. The highest BCUT2D eigenvalue weighted by atomic mass is 16.5. The number of fused-ring (bicyclic) bond motifs is 1. The Morgan fingerprint density at radius 2 is 2.05 bits per heavy atom. The Morgan fingerprint density at radius 3 is 2.79 bits per heavy atom. The van der Waals surface area contributed by atoms with E-state index in [4.69, 9.17) is 9.72 Å². The third kappa shape index (κ3) is 1.89. The maximum Gasteiger partial charge on any atom is 0.180 e. The van der Waals surface area contributed by atoms with Crippen LogP contribution in [0.1, 0.15) is 30.9 Å². The van der Waals surface area contributed by atoms with Crippen LogP contribution >= 0.6 is 0 Å². The minimum Gasteiger partial charge on any atom is -0.378 e. The van der Waals surface area contributed by atoms with Crippen LogP contribution in [0.5, 0.6) is 0 Å². The molecule has 1 saturated heterocycles. The number of morpholine rings is 1. The fourth-order valence-corrected chi connectivity index (χ4v) is 2.82. The summed E-state index contributed by atoms with van der Waals surface area (Å²) in [6, 6.07) is 0. The van der Waals surface area contributed by atoms with Gasteiger partial charge in [-0.2, -0.15) is 0 Å². The van der Waals surface area contributed by atoms with Gasteiger partial charge in [0.15, 0.2) is 11.5 Å². The van der Waals surface area contributed by atoms with Crippen LogP contribution in [0.25, 0.3) is 5.65 Å². The molecule has 2 aromatic heterocycles. The molecule has 5 heteroatoms. The molecule has 19 heavy (non-hydrogen) atoms. The summed E-state index contributed by atoms with van der Waals surface area (Å²) in [6.07, 6.45) is 9.94. The number of ether oxygens (including phenoxy) is 1. The molecule has 1 saturated carbocycles. The van der Waals surface area contributed by atoms with Gasteiger partial charge in [0.25, 0.3) is 0 Å². The molecule has 0 unspecified atom stereocenters. The molecule has 2 aliphatic rings. The summed E-state index contributed by atoms with van der Waals surface area (Å²) in [5, 5.41) is 0. The lowest BCUT2D eigenvalue weighted by Crippen LogP contribution is -2.37. The molecule has 0 spiro atoms. The first kappa shape index (κ1) is 11.2. The van der Waals surface area contributed by atoms with Crippen molar-refractivity contribution in [2.75, 3.05) is 31.2 Å². The normalized spacial score (nSPS) is 20.7. The van der Waals surface area contributed by atoms with Crippen molar-refractivity contribution in [2.24, 2.45) is 0 Å². The van der Waals surface area contributed by atoms with Crippen molar-refractivity contribution in [3.8, 4) is 0 Å². The van der Waals surface area contributed by atoms with E-state index in [9.17, 15) is 0 Å². The first-order valence-electron chi connectivity index (χ1n) is 7.08. The Hall–Kier alpha value is -1.62. The molecule has 2 aromatic rings. The predicted octanol–water partition coefficient (Wildman–Crippen LogP) is 1.83. The number of aromatic nitrogens is 3. The van der Waals surface area contributed by atoms with Crippen LogP contribution in [0.3, 0.4) is 0 Å². The number of hydrogen-bond acceptors (Lipinski definition) is 4. The standard InChI is InChI=1S/C14H18N4O/c1-2-11(3-1)12-10-18-5-4-15-13(14(18)16-12)17-6-8-19-9-7-17/h4-5,10-11H,1-3,6-9H2. The molecule has 4 rings (SSSR count). The van der Waals surface area contributed by atoms with Crippen molar-refractivity contribution >= 4 is 11.5 Å². The van der Waals surface area contributed by atoms with Gasteiger partial charge in [0.05, 0.1) is 18.9 Å². The maximum atomic E-state index is 5.41. The molecule has 0 aromatic carbocycles. The van der Waals surface area contributed by atoms with E-state index in [0.29, 0.717) is 5.92 Å². The Balaban J connectivity index is 1.74. The summed E-state index contributed by atoms with van der Waals surface area (Å²) in [5.74, 6) is 1.66. The first-order chi connectivity index (χ1) is 9.42. The number of rotatable bonds is 2. The van der Waals surface area contributed by atoms with Gasteiger partial charge in [-0.3, -0.25) is 0 Å². The Bertz CT molecular complexity index is 584. The van der Waals surface area contributed by atoms with E-state index in [1.807, 2.05) is 12.4 Å². The minimum absolute atomic E-state index is 0.664. The van der Waals surface area contributed by atoms with Crippen LogP contribution in [0.15, 0.2) is 18.6 Å². The average Bonchev–Trinajstić information content (AvgIpc) is 2.80. The molecular formula is C14H18N4O. The highest BCUT2D eigenvalue weighted by Gasteiger charge is 2.24. The Kier molecular flexibility index (Phi) is 2.65.